The van der Waals surface area contributed by atoms with Gasteiger partial charge in [-0.05, 0) is 34.0 Å². The average Bonchev–Trinajstić information content (AvgIpc) is 3.17. The first kappa shape index (κ1) is 16.9. The van der Waals surface area contributed by atoms with Gasteiger partial charge in [0, 0.05) is 33.1 Å². The van der Waals surface area contributed by atoms with Gasteiger partial charge in [-0.1, -0.05) is 91.0 Å². The maximum Gasteiger partial charge on any atom is 0.0551 e. The van der Waals surface area contributed by atoms with E-state index in [1.165, 1.54) is 32.7 Å². The van der Waals surface area contributed by atoms with Gasteiger partial charge in [0.2, 0.25) is 0 Å². The van der Waals surface area contributed by atoms with Crippen LogP contribution in [0.25, 0.3) is 54.8 Å². The largest absolute Gasteiger partial charge is 0.398 e. The molecule has 2 heteroatoms. The Morgan fingerprint density at radius 2 is 1.20 bits per heavy atom. The molecule has 0 aliphatic heterocycles. The molecule has 0 amide bonds. The van der Waals surface area contributed by atoms with E-state index in [4.69, 9.17) is 5.73 Å². The van der Waals surface area contributed by atoms with Gasteiger partial charge in [0.25, 0.3) is 0 Å². The summed E-state index contributed by atoms with van der Waals surface area (Å²) in [7, 11) is 0. The number of H-pyrrole nitrogens is 1. The Labute approximate surface area is 174 Å². The molecule has 3 N–H and O–H groups in total. The van der Waals surface area contributed by atoms with E-state index >= 15 is 0 Å². The molecule has 0 atom stereocenters. The first-order chi connectivity index (χ1) is 14.8. The fourth-order valence-corrected chi connectivity index (χ4v) is 4.61. The van der Waals surface area contributed by atoms with Crippen LogP contribution in [0.2, 0.25) is 0 Å². The number of fused-ring (bicyclic) bond motifs is 4. The zero-order valence-corrected chi connectivity index (χ0v) is 16.4. The number of hydrogen-bond acceptors (Lipinski definition) is 1. The van der Waals surface area contributed by atoms with Gasteiger partial charge in [-0.25, -0.2) is 0 Å². The topological polar surface area (TPSA) is 41.8 Å². The van der Waals surface area contributed by atoms with Gasteiger partial charge < -0.3 is 10.7 Å². The summed E-state index contributed by atoms with van der Waals surface area (Å²) in [6.07, 6.45) is 0. The molecule has 30 heavy (non-hydrogen) atoms. The lowest BCUT2D eigenvalue weighted by atomic mass is 9.89. The molecular weight excluding hydrogens is 364 g/mol. The van der Waals surface area contributed by atoms with Crippen LogP contribution in [0.15, 0.2) is 103 Å². The highest BCUT2D eigenvalue weighted by Crippen LogP contribution is 2.43. The Morgan fingerprint density at radius 3 is 2.10 bits per heavy atom. The van der Waals surface area contributed by atoms with Crippen LogP contribution in [0.5, 0.6) is 0 Å². The number of nitrogens with two attached hydrogens (primary N) is 1. The molecule has 0 aliphatic carbocycles. The van der Waals surface area contributed by atoms with Crippen molar-refractivity contribution in [2.45, 2.75) is 0 Å². The van der Waals surface area contributed by atoms with Gasteiger partial charge >= 0.3 is 0 Å². The minimum Gasteiger partial charge on any atom is -0.398 e. The first-order valence-corrected chi connectivity index (χ1v) is 10.2. The van der Waals surface area contributed by atoms with Crippen LogP contribution >= 0.6 is 0 Å². The lowest BCUT2D eigenvalue weighted by Gasteiger charge is -2.15. The Hall–Kier alpha value is -4.04. The normalized spacial score (nSPS) is 11.5. The SMILES string of the molecule is Nc1ccccc1-c1c(-c2cccc3ccccc23)ccc2c1[nH]c1ccccc12. The van der Waals surface area contributed by atoms with Gasteiger partial charge in [0.15, 0.2) is 0 Å². The number of aromatic nitrogens is 1. The van der Waals surface area contributed by atoms with Crippen molar-refractivity contribution < 1.29 is 0 Å². The summed E-state index contributed by atoms with van der Waals surface area (Å²) in [6, 6.07) is 36.1. The zero-order valence-electron chi connectivity index (χ0n) is 16.4. The quantitative estimate of drug-likeness (QED) is 0.300. The summed E-state index contributed by atoms with van der Waals surface area (Å²) in [6.45, 7) is 0. The summed E-state index contributed by atoms with van der Waals surface area (Å²) < 4.78 is 0. The molecule has 0 fully saturated rings. The zero-order chi connectivity index (χ0) is 20.1. The first-order valence-electron chi connectivity index (χ1n) is 10.2. The van der Waals surface area contributed by atoms with E-state index in [1.54, 1.807) is 0 Å². The molecule has 0 aliphatic rings. The number of nitrogen functional groups attached to an aromatic ring is 1. The molecular formula is C28H20N2. The van der Waals surface area contributed by atoms with E-state index in [0.717, 1.165) is 27.8 Å². The summed E-state index contributed by atoms with van der Waals surface area (Å²) in [4.78, 5) is 3.67. The average molecular weight is 384 g/mol. The van der Waals surface area contributed by atoms with E-state index in [9.17, 15) is 0 Å². The fourth-order valence-electron chi connectivity index (χ4n) is 4.61. The van der Waals surface area contributed by atoms with E-state index in [1.807, 2.05) is 12.1 Å². The third-order valence-electron chi connectivity index (χ3n) is 5.99. The minimum absolute atomic E-state index is 0.783. The second-order valence-corrected chi connectivity index (χ2v) is 7.70. The van der Waals surface area contributed by atoms with Crippen molar-refractivity contribution in [3.05, 3.63) is 103 Å². The standard InChI is InChI=1S/C28H20N2/c29-25-14-5-3-12-24(25)27-22(20-13-7-9-18-8-1-2-10-19(18)20)16-17-23-21-11-4-6-15-26(21)30-28(23)27/h1-17,30H,29H2. The van der Waals surface area contributed by atoms with Crippen molar-refractivity contribution in [1.82, 2.24) is 4.98 Å². The smallest absolute Gasteiger partial charge is 0.0551 e. The van der Waals surface area contributed by atoms with Crippen LogP contribution < -0.4 is 5.73 Å². The Bertz CT molecular complexity index is 1550. The molecule has 0 spiro atoms. The van der Waals surface area contributed by atoms with E-state index < -0.39 is 0 Å². The second kappa shape index (κ2) is 6.50. The van der Waals surface area contributed by atoms with Crippen molar-refractivity contribution in [2.75, 3.05) is 5.73 Å². The summed E-state index contributed by atoms with van der Waals surface area (Å²) >= 11 is 0. The molecule has 0 saturated carbocycles. The number of para-hydroxylation sites is 2. The van der Waals surface area contributed by atoms with Crippen molar-refractivity contribution in [3.63, 3.8) is 0 Å². The molecule has 6 aromatic rings. The van der Waals surface area contributed by atoms with Crippen molar-refractivity contribution >= 4 is 38.3 Å². The maximum atomic E-state index is 6.48. The Morgan fingerprint density at radius 1 is 0.500 bits per heavy atom. The number of anilines is 1. The molecule has 5 aromatic carbocycles. The predicted molar refractivity (Wildman–Crippen MR) is 129 cm³/mol. The lowest BCUT2D eigenvalue weighted by molar-refractivity contribution is 1.53. The van der Waals surface area contributed by atoms with Crippen molar-refractivity contribution in [2.24, 2.45) is 0 Å². The van der Waals surface area contributed by atoms with E-state index in [2.05, 4.69) is 96.0 Å². The van der Waals surface area contributed by atoms with E-state index in [-0.39, 0.29) is 0 Å². The number of benzene rings is 5. The van der Waals surface area contributed by atoms with Crippen LogP contribution in [0, 0.1) is 0 Å². The number of aromatic amines is 1. The highest BCUT2D eigenvalue weighted by atomic mass is 14.7. The maximum absolute atomic E-state index is 6.48. The predicted octanol–water partition coefficient (Wildman–Crippen LogP) is 7.39. The lowest BCUT2D eigenvalue weighted by Crippen LogP contribution is -1.93. The van der Waals surface area contributed by atoms with Crippen molar-refractivity contribution in [1.29, 1.82) is 0 Å². The van der Waals surface area contributed by atoms with Crippen molar-refractivity contribution in [3.8, 4) is 22.3 Å². The molecule has 0 bridgehead atoms. The molecule has 0 radical (unpaired) electrons. The molecule has 0 unspecified atom stereocenters. The molecule has 1 heterocycles. The summed E-state index contributed by atoms with van der Waals surface area (Å²) in [5.74, 6) is 0. The third kappa shape index (κ3) is 2.44. The third-order valence-corrected chi connectivity index (χ3v) is 5.99. The van der Waals surface area contributed by atoms with Crippen LogP contribution in [-0.2, 0) is 0 Å². The van der Waals surface area contributed by atoms with Crippen LogP contribution in [0.3, 0.4) is 0 Å². The fraction of sp³-hybridized carbons (Fsp3) is 0. The van der Waals surface area contributed by atoms with Crippen LogP contribution in [0.4, 0.5) is 5.69 Å². The van der Waals surface area contributed by atoms with Gasteiger partial charge in [0.1, 0.15) is 0 Å². The molecule has 142 valence electrons. The minimum atomic E-state index is 0.783. The number of nitrogens with one attached hydrogen (secondary N) is 1. The number of hydrogen-bond donors (Lipinski definition) is 2. The molecule has 6 rings (SSSR count). The van der Waals surface area contributed by atoms with Gasteiger partial charge in [0.05, 0.1) is 5.52 Å². The van der Waals surface area contributed by atoms with Crippen LogP contribution in [-0.4, -0.2) is 4.98 Å². The Balaban J connectivity index is 1.80. The number of rotatable bonds is 2. The summed E-state index contributed by atoms with van der Waals surface area (Å²) in [5, 5.41) is 4.92. The van der Waals surface area contributed by atoms with Gasteiger partial charge in [-0.2, -0.15) is 0 Å². The molecule has 2 nitrogen and oxygen atoms in total. The highest BCUT2D eigenvalue weighted by molar-refractivity contribution is 6.16. The summed E-state index contributed by atoms with van der Waals surface area (Å²) in [5.41, 5.74) is 14.1. The van der Waals surface area contributed by atoms with Crippen LogP contribution in [0.1, 0.15) is 0 Å². The van der Waals surface area contributed by atoms with E-state index in [0.29, 0.717) is 0 Å². The van der Waals surface area contributed by atoms with Gasteiger partial charge in [-0.3, -0.25) is 0 Å². The second-order valence-electron chi connectivity index (χ2n) is 7.70. The monoisotopic (exact) mass is 384 g/mol. The Kier molecular flexibility index (Phi) is 3.65. The highest BCUT2D eigenvalue weighted by Gasteiger charge is 2.18. The van der Waals surface area contributed by atoms with Gasteiger partial charge in [-0.15, -0.1) is 0 Å². The molecule has 1 aromatic heterocycles. The molecule has 0 saturated heterocycles.